The van der Waals surface area contributed by atoms with Crippen LogP contribution < -0.4 is 3.11 Å². The van der Waals surface area contributed by atoms with Crippen molar-refractivity contribution in [2.24, 2.45) is 0 Å². The molecule has 15 heavy (non-hydrogen) atoms. The molecule has 2 aromatic rings. The van der Waals surface area contributed by atoms with Gasteiger partial charge < -0.3 is 3.11 Å². The molecule has 0 amide bonds. The molecule has 3 heteroatoms. The number of halogens is 1. The molecule has 0 atom stereocenters. The molecule has 0 saturated heterocycles. The van der Waals surface area contributed by atoms with E-state index in [1.165, 1.54) is 5.56 Å². The van der Waals surface area contributed by atoms with Gasteiger partial charge in [-0.25, -0.2) is 0 Å². The van der Waals surface area contributed by atoms with Crippen LogP contribution in [-0.4, -0.2) is 12.0 Å². The van der Waals surface area contributed by atoms with Crippen LogP contribution in [0.1, 0.15) is 0 Å². The molecule has 0 spiro atoms. The standard InChI is InChI=1S/C12H11IN2/c1-15(13)12-7-11(8-14-9-12)10-5-3-2-4-6-10/h2-9H,1H3. The number of hydrogen-bond acceptors (Lipinski definition) is 2. The van der Waals surface area contributed by atoms with Gasteiger partial charge in [0, 0.05) is 18.8 Å². The zero-order chi connectivity index (χ0) is 10.7. The number of aromatic nitrogens is 1. The summed E-state index contributed by atoms with van der Waals surface area (Å²) in [5.74, 6) is 0. The molecule has 0 aliphatic heterocycles. The van der Waals surface area contributed by atoms with Gasteiger partial charge in [0.15, 0.2) is 0 Å². The van der Waals surface area contributed by atoms with E-state index in [0.29, 0.717) is 0 Å². The van der Waals surface area contributed by atoms with Gasteiger partial charge in [0.2, 0.25) is 0 Å². The molecular weight excluding hydrogens is 299 g/mol. The zero-order valence-electron chi connectivity index (χ0n) is 8.39. The number of nitrogens with zero attached hydrogens (tertiary/aromatic N) is 2. The highest BCUT2D eigenvalue weighted by atomic mass is 127. The summed E-state index contributed by atoms with van der Waals surface area (Å²) < 4.78 is 2.02. The van der Waals surface area contributed by atoms with Crippen LogP contribution in [0.3, 0.4) is 0 Å². The van der Waals surface area contributed by atoms with Gasteiger partial charge in [-0.3, -0.25) is 4.98 Å². The number of anilines is 1. The molecule has 1 aromatic carbocycles. The maximum atomic E-state index is 4.24. The van der Waals surface area contributed by atoms with Crippen molar-refractivity contribution in [3.05, 3.63) is 48.8 Å². The highest BCUT2D eigenvalue weighted by Crippen LogP contribution is 2.23. The SMILES string of the molecule is CN(I)c1cncc(-c2ccccc2)c1. The fraction of sp³-hybridized carbons (Fsp3) is 0.0833. The molecule has 0 fully saturated rings. The van der Waals surface area contributed by atoms with E-state index in [-0.39, 0.29) is 0 Å². The minimum absolute atomic E-state index is 1.11. The fourth-order valence-corrected chi connectivity index (χ4v) is 1.65. The molecule has 0 unspecified atom stereocenters. The largest absolute Gasteiger partial charge is 0.316 e. The lowest BCUT2D eigenvalue weighted by Crippen LogP contribution is -1.99. The minimum Gasteiger partial charge on any atom is -0.316 e. The van der Waals surface area contributed by atoms with Crippen LogP contribution in [0, 0.1) is 0 Å². The maximum Gasteiger partial charge on any atom is 0.0643 e. The van der Waals surface area contributed by atoms with Crippen molar-refractivity contribution in [2.45, 2.75) is 0 Å². The van der Waals surface area contributed by atoms with Crippen molar-refractivity contribution in [3.8, 4) is 11.1 Å². The Morgan fingerprint density at radius 1 is 1.07 bits per heavy atom. The van der Waals surface area contributed by atoms with Gasteiger partial charge in [-0.2, -0.15) is 0 Å². The Morgan fingerprint density at radius 2 is 1.80 bits per heavy atom. The van der Waals surface area contributed by atoms with Gasteiger partial charge in [0.05, 0.1) is 34.7 Å². The molecule has 0 saturated carbocycles. The van der Waals surface area contributed by atoms with E-state index in [2.05, 4.69) is 46.0 Å². The zero-order valence-corrected chi connectivity index (χ0v) is 10.5. The van der Waals surface area contributed by atoms with E-state index < -0.39 is 0 Å². The monoisotopic (exact) mass is 310 g/mol. The first-order chi connectivity index (χ1) is 7.27. The van der Waals surface area contributed by atoms with Crippen LogP contribution in [0.2, 0.25) is 0 Å². The van der Waals surface area contributed by atoms with Gasteiger partial charge in [-0.1, -0.05) is 30.3 Å². The lowest BCUT2D eigenvalue weighted by molar-refractivity contribution is 1.28. The van der Waals surface area contributed by atoms with Crippen LogP contribution in [0.5, 0.6) is 0 Å². The molecule has 1 aromatic heterocycles. The van der Waals surface area contributed by atoms with E-state index in [1.54, 1.807) is 0 Å². The smallest absolute Gasteiger partial charge is 0.0643 e. The van der Waals surface area contributed by atoms with Crippen molar-refractivity contribution < 1.29 is 0 Å². The molecular formula is C12H11IN2. The van der Waals surface area contributed by atoms with Crippen LogP contribution in [0.25, 0.3) is 11.1 Å². The molecule has 76 valence electrons. The Morgan fingerprint density at radius 3 is 2.47 bits per heavy atom. The highest BCUT2D eigenvalue weighted by molar-refractivity contribution is 14.1. The second kappa shape index (κ2) is 4.61. The predicted molar refractivity (Wildman–Crippen MR) is 72.1 cm³/mol. The van der Waals surface area contributed by atoms with Gasteiger partial charge in [-0.05, 0) is 11.6 Å². The van der Waals surface area contributed by atoms with Gasteiger partial charge >= 0.3 is 0 Å². The third-order valence-corrected chi connectivity index (χ3v) is 2.74. The minimum atomic E-state index is 1.11. The Labute approximate surface area is 103 Å². The molecule has 2 nitrogen and oxygen atoms in total. The summed E-state index contributed by atoms with van der Waals surface area (Å²) in [7, 11) is 2.01. The van der Waals surface area contributed by atoms with Gasteiger partial charge in [-0.15, -0.1) is 0 Å². The summed E-state index contributed by atoms with van der Waals surface area (Å²) in [6, 6.07) is 12.4. The number of rotatable bonds is 2. The topological polar surface area (TPSA) is 16.1 Å². The van der Waals surface area contributed by atoms with E-state index in [1.807, 2.05) is 40.8 Å². The first kappa shape index (κ1) is 10.4. The molecule has 0 aliphatic carbocycles. The van der Waals surface area contributed by atoms with E-state index in [9.17, 15) is 0 Å². The summed E-state index contributed by atoms with van der Waals surface area (Å²) >= 11 is 2.24. The molecule has 0 N–H and O–H groups in total. The first-order valence-electron chi connectivity index (χ1n) is 4.67. The quantitative estimate of drug-likeness (QED) is 0.623. The lowest BCUT2D eigenvalue weighted by atomic mass is 10.1. The number of hydrogen-bond donors (Lipinski definition) is 0. The lowest BCUT2D eigenvalue weighted by Gasteiger charge is -2.10. The molecule has 0 aliphatic rings. The molecule has 0 bridgehead atoms. The van der Waals surface area contributed by atoms with E-state index in [0.717, 1.165) is 11.3 Å². The van der Waals surface area contributed by atoms with E-state index in [4.69, 9.17) is 0 Å². The average molecular weight is 310 g/mol. The predicted octanol–water partition coefficient (Wildman–Crippen LogP) is 3.53. The number of pyridine rings is 1. The second-order valence-electron chi connectivity index (χ2n) is 3.27. The third kappa shape index (κ3) is 2.47. The highest BCUT2D eigenvalue weighted by Gasteiger charge is 2.01. The summed E-state index contributed by atoms with van der Waals surface area (Å²) in [6.07, 6.45) is 3.75. The normalized spacial score (nSPS) is 10.0. The van der Waals surface area contributed by atoms with Crippen molar-refractivity contribution in [2.75, 3.05) is 10.2 Å². The summed E-state index contributed by atoms with van der Waals surface area (Å²) in [5.41, 5.74) is 3.46. The van der Waals surface area contributed by atoms with Crippen molar-refractivity contribution in [3.63, 3.8) is 0 Å². The van der Waals surface area contributed by atoms with Crippen molar-refractivity contribution >= 4 is 28.6 Å². The average Bonchev–Trinajstić information content (AvgIpc) is 2.30. The molecule has 0 radical (unpaired) electrons. The van der Waals surface area contributed by atoms with Crippen LogP contribution in [0.15, 0.2) is 48.8 Å². The summed E-state index contributed by atoms with van der Waals surface area (Å²) in [5, 5.41) is 0. The third-order valence-electron chi connectivity index (χ3n) is 2.19. The van der Waals surface area contributed by atoms with Gasteiger partial charge in [0.1, 0.15) is 0 Å². The van der Waals surface area contributed by atoms with E-state index >= 15 is 0 Å². The fourth-order valence-electron chi connectivity index (χ4n) is 1.38. The van der Waals surface area contributed by atoms with Crippen molar-refractivity contribution in [1.29, 1.82) is 0 Å². The van der Waals surface area contributed by atoms with Crippen molar-refractivity contribution in [1.82, 2.24) is 4.98 Å². The Kier molecular flexibility index (Phi) is 3.20. The Balaban J connectivity index is 2.42. The molecule has 2 rings (SSSR count). The van der Waals surface area contributed by atoms with Crippen LogP contribution in [0.4, 0.5) is 5.69 Å². The Hall–Kier alpha value is -1.10. The first-order valence-corrected chi connectivity index (χ1v) is 5.64. The Bertz CT molecular complexity index is 440. The van der Waals surface area contributed by atoms with Crippen LogP contribution >= 0.6 is 22.9 Å². The second-order valence-corrected chi connectivity index (χ2v) is 4.72. The summed E-state index contributed by atoms with van der Waals surface area (Å²) in [6.45, 7) is 0. The summed E-state index contributed by atoms with van der Waals surface area (Å²) in [4.78, 5) is 4.24. The van der Waals surface area contributed by atoms with Gasteiger partial charge in [0.25, 0.3) is 0 Å². The maximum absolute atomic E-state index is 4.24. The number of benzene rings is 1. The van der Waals surface area contributed by atoms with Crippen LogP contribution in [-0.2, 0) is 0 Å². The molecule has 1 heterocycles.